The lowest BCUT2D eigenvalue weighted by Gasteiger charge is -2.12. The van der Waals surface area contributed by atoms with Crippen molar-refractivity contribution in [3.63, 3.8) is 0 Å². The quantitative estimate of drug-likeness (QED) is 0.538. The molecule has 0 amide bonds. The molecule has 0 atom stereocenters. The number of anilines is 1. The van der Waals surface area contributed by atoms with E-state index >= 15 is 0 Å². The highest BCUT2D eigenvalue weighted by molar-refractivity contribution is 5.58. The van der Waals surface area contributed by atoms with E-state index < -0.39 is 0 Å². The molecule has 0 aromatic heterocycles. The summed E-state index contributed by atoms with van der Waals surface area (Å²) in [6.45, 7) is 7.13. The number of benzene rings is 1. The van der Waals surface area contributed by atoms with Crippen LogP contribution >= 0.6 is 0 Å². The van der Waals surface area contributed by atoms with Crippen LogP contribution in [0.2, 0.25) is 0 Å². The van der Waals surface area contributed by atoms with E-state index in [0.717, 1.165) is 30.0 Å². The van der Waals surface area contributed by atoms with E-state index in [-0.39, 0.29) is 0 Å². The number of nitrogens with two attached hydrogens (primary N) is 1. The molecule has 0 aliphatic rings. The molecular formula is C16H27NO. The van der Waals surface area contributed by atoms with Crippen molar-refractivity contribution in [2.45, 2.75) is 59.3 Å². The smallest absolute Gasteiger partial charge is 0.145 e. The largest absolute Gasteiger partial charge is 0.491 e. The van der Waals surface area contributed by atoms with Crippen molar-refractivity contribution in [1.29, 1.82) is 0 Å². The fourth-order valence-corrected chi connectivity index (χ4v) is 2.24. The van der Waals surface area contributed by atoms with Gasteiger partial charge < -0.3 is 10.5 Å². The summed E-state index contributed by atoms with van der Waals surface area (Å²) < 4.78 is 5.80. The van der Waals surface area contributed by atoms with Gasteiger partial charge >= 0.3 is 0 Å². The predicted molar refractivity (Wildman–Crippen MR) is 79.2 cm³/mol. The van der Waals surface area contributed by atoms with Crippen molar-refractivity contribution in [3.8, 4) is 5.75 Å². The molecular weight excluding hydrogens is 222 g/mol. The molecule has 0 saturated heterocycles. The minimum atomic E-state index is 0.762. The number of ether oxygens (including phenoxy) is 1. The zero-order chi connectivity index (χ0) is 13.4. The van der Waals surface area contributed by atoms with E-state index in [1.807, 2.05) is 6.07 Å². The normalized spacial score (nSPS) is 10.6. The van der Waals surface area contributed by atoms with E-state index in [9.17, 15) is 0 Å². The summed E-state index contributed by atoms with van der Waals surface area (Å²) in [6.07, 6.45) is 7.70. The van der Waals surface area contributed by atoms with Crippen LogP contribution in [0.5, 0.6) is 5.75 Å². The molecule has 0 heterocycles. The monoisotopic (exact) mass is 249 g/mol. The lowest BCUT2D eigenvalue weighted by Crippen LogP contribution is -2.02. The molecule has 0 aliphatic carbocycles. The van der Waals surface area contributed by atoms with Gasteiger partial charge in [-0.05, 0) is 37.5 Å². The Kier molecular flexibility index (Phi) is 6.63. The van der Waals surface area contributed by atoms with Crippen LogP contribution in [0.3, 0.4) is 0 Å². The van der Waals surface area contributed by atoms with Gasteiger partial charge in [0.15, 0.2) is 0 Å². The molecule has 0 saturated carbocycles. The third-order valence-corrected chi connectivity index (χ3v) is 3.19. The Morgan fingerprint density at radius 1 is 1.00 bits per heavy atom. The van der Waals surface area contributed by atoms with E-state index in [0.29, 0.717) is 0 Å². The first-order chi connectivity index (χ1) is 8.65. The Bertz CT molecular complexity index is 337. The maximum absolute atomic E-state index is 5.98. The molecule has 0 aliphatic heterocycles. The van der Waals surface area contributed by atoms with Gasteiger partial charge in [0.25, 0.3) is 0 Å². The number of rotatable bonds is 8. The Labute approximate surface area is 112 Å². The van der Waals surface area contributed by atoms with Gasteiger partial charge in [0, 0.05) is 0 Å². The average molecular weight is 249 g/mol. The molecule has 102 valence electrons. The van der Waals surface area contributed by atoms with Crippen LogP contribution in [0, 0.1) is 13.8 Å². The number of aryl methyl sites for hydroxylation is 2. The van der Waals surface area contributed by atoms with Crippen LogP contribution in [-0.4, -0.2) is 6.61 Å². The van der Waals surface area contributed by atoms with Crippen LogP contribution < -0.4 is 10.5 Å². The summed E-state index contributed by atoms with van der Waals surface area (Å²) >= 11 is 0. The van der Waals surface area contributed by atoms with Gasteiger partial charge in [-0.2, -0.15) is 0 Å². The van der Waals surface area contributed by atoms with Crippen LogP contribution in [0.1, 0.15) is 56.6 Å². The van der Waals surface area contributed by atoms with E-state index in [1.165, 1.54) is 37.7 Å². The Morgan fingerprint density at radius 2 is 1.67 bits per heavy atom. The minimum Gasteiger partial charge on any atom is -0.491 e. The topological polar surface area (TPSA) is 35.2 Å². The first-order valence-corrected chi connectivity index (χ1v) is 7.14. The Balaban J connectivity index is 2.27. The number of unbranched alkanes of at least 4 members (excludes halogenated alkanes) is 5. The molecule has 1 aromatic rings. The standard InChI is InChI=1S/C16H27NO/c1-4-5-6-7-8-9-10-18-16-14(3)11-13(2)12-15(16)17/h11-12H,4-10,17H2,1-3H3. The Morgan fingerprint density at radius 3 is 2.33 bits per heavy atom. The third-order valence-electron chi connectivity index (χ3n) is 3.19. The highest BCUT2D eigenvalue weighted by Gasteiger charge is 2.05. The maximum Gasteiger partial charge on any atom is 0.145 e. The molecule has 2 N–H and O–H groups in total. The molecule has 18 heavy (non-hydrogen) atoms. The fourth-order valence-electron chi connectivity index (χ4n) is 2.24. The lowest BCUT2D eigenvalue weighted by molar-refractivity contribution is 0.304. The third kappa shape index (κ3) is 4.99. The molecule has 0 spiro atoms. The lowest BCUT2D eigenvalue weighted by atomic mass is 10.1. The van der Waals surface area contributed by atoms with Crippen molar-refractivity contribution in [1.82, 2.24) is 0 Å². The molecule has 1 aromatic carbocycles. The summed E-state index contributed by atoms with van der Waals surface area (Å²) in [5.41, 5.74) is 9.07. The van der Waals surface area contributed by atoms with Gasteiger partial charge in [0.2, 0.25) is 0 Å². The van der Waals surface area contributed by atoms with Gasteiger partial charge in [-0.25, -0.2) is 0 Å². The number of hydrogen-bond acceptors (Lipinski definition) is 2. The number of nitrogen functional groups attached to an aromatic ring is 1. The molecule has 2 heteroatoms. The van der Waals surface area contributed by atoms with Crippen molar-refractivity contribution >= 4 is 5.69 Å². The van der Waals surface area contributed by atoms with E-state index in [4.69, 9.17) is 10.5 Å². The molecule has 0 fully saturated rings. The predicted octanol–water partition coefficient (Wildman–Crippen LogP) is 4.62. The summed E-state index contributed by atoms with van der Waals surface area (Å²) in [5.74, 6) is 0.870. The summed E-state index contributed by atoms with van der Waals surface area (Å²) in [7, 11) is 0. The average Bonchev–Trinajstić information content (AvgIpc) is 2.30. The molecule has 0 bridgehead atoms. The maximum atomic E-state index is 5.98. The van der Waals surface area contributed by atoms with Crippen molar-refractivity contribution in [2.75, 3.05) is 12.3 Å². The van der Waals surface area contributed by atoms with Crippen molar-refractivity contribution < 1.29 is 4.74 Å². The van der Waals surface area contributed by atoms with Gasteiger partial charge in [-0.15, -0.1) is 0 Å². The van der Waals surface area contributed by atoms with Gasteiger partial charge in [-0.1, -0.05) is 45.1 Å². The second kappa shape index (κ2) is 8.02. The molecule has 0 unspecified atom stereocenters. The first-order valence-electron chi connectivity index (χ1n) is 7.14. The Hall–Kier alpha value is -1.18. The zero-order valence-corrected chi connectivity index (χ0v) is 12.1. The van der Waals surface area contributed by atoms with Crippen LogP contribution in [0.25, 0.3) is 0 Å². The summed E-state index contributed by atoms with van der Waals surface area (Å²) in [5, 5.41) is 0. The van der Waals surface area contributed by atoms with Crippen molar-refractivity contribution in [2.24, 2.45) is 0 Å². The second-order valence-corrected chi connectivity index (χ2v) is 5.12. The van der Waals surface area contributed by atoms with Gasteiger partial charge in [0.05, 0.1) is 12.3 Å². The van der Waals surface area contributed by atoms with Gasteiger partial charge in [0.1, 0.15) is 5.75 Å². The fraction of sp³-hybridized carbons (Fsp3) is 0.625. The van der Waals surface area contributed by atoms with Crippen molar-refractivity contribution in [3.05, 3.63) is 23.3 Å². The molecule has 0 radical (unpaired) electrons. The second-order valence-electron chi connectivity index (χ2n) is 5.12. The first kappa shape index (κ1) is 14.9. The van der Waals surface area contributed by atoms with E-state index in [1.54, 1.807) is 0 Å². The minimum absolute atomic E-state index is 0.762. The molecule has 1 rings (SSSR count). The van der Waals surface area contributed by atoms with Crippen LogP contribution in [0.4, 0.5) is 5.69 Å². The highest BCUT2D eigenvalue weighted by atomic mass is 16.5. The van der Waals surface area contributed by atoms with E-state index in [2.05, 4.69) is 26.8 Å². The van der Waals surface area contributed by atoms with Gasteiger partial charge in [-0.3, -0.25) is 0 Å². The SMILES string of the molecule is CCCCCCCCOc1c(C)cc(C)cc1N. The van der Waals surface area contributed by atoms with Crippen LogP contribution in [0.15, 0.2) is 12.1 Å². The summed E-state index contributed by atoms with van der Waals surface area (Å²) in [6, 6.07) is 4.09. The number of hydrogen-bond donors (Lipinski definition) is 1. The van der Waals surface area contributed by atoms with Crippen LogP contribution in [-0.2, 0) is 0 Å². The molecule has 2 nitrogen and oxygen atoms in total. The summed E-state index contributed by atoms with van der Waals surface area (Å²) in [4.78, 5) is 0. The highest BCUT2D eigenvalue weighted by Crippen LogP contribution is 2.27. The zero-order valence-electron chi connectivity index (χ0n) is 12.1.